The normalized spacial score (nSPS) is 9.86. The summed E-state index contributed by atoms with van der Waals surface area (Å²) in [6.45, 7) is 5.78. The number of hydrogen-bond donors (Lipinski definition) is 0. The second-order valence-corrected chi connectivity index (χ2v) is 7.72. The molecule has 0 N–H and O–H groups in total. The van der Waals surface area contributed by atoms with Crippen molar-refractivity contribution in [3.63, 3.8) is 0 Å². The molecule has 1 heterocycles. The quantitative estimate of drug-likeness (QED) is 0.120. The third-order valence-corrected chi connectivity index (χ3v) is 5.61. The third-order valence-electron chi connectivity index (χ3n) is 4.52. The molecule has 11 heteroatoms. The van der Waals surface area contributed by atoms with E-state index in [2.05, 4.69) is 15.5 Å². The van der Waals surface area contributed by atoms with Crippen LogP contribution in [0.4, 0.5) is 16.5 Å². The first-order chi connectivity index (χ1) is 16.7. The number of hydrogen-bond acceptors (Lipinski definition) is 5. The van der Waals surface area contributed by atoms with E-state index >= 15 is 0 Å². The van der Waals surface area contributed by atoms with Crippen molar-refractivity contribution < 1.29 is 117 Å². The molecule has 0 aliphatic carbocycles. The summed E-state index contributed by atoms with van der Waals surface area (Å²) >= 11 is 3.94. The Bertz CT molecular complexity index is 1160. The van der Waals surface area contributed by atoms with Crippen molar-refractivity contribution in [2.45, 2.75) is 20.5 Å². The molecule has 0 radical (unpaired) electrons. The molecule has 0 spiro atoms. The van der Waals surface area contributed by atoms with Crippen LogP contribution < -0.4 is 112 Å². The summed E-state index contributed by atoms with van der Waals surface area (Å²) in [5.74, 6) is -0.00218. The van der Waals surface area contributed by atoms with Gasteiger partial charge in [0.25, 0.3) is 0 Å². The van der Waals surface area contributed by atoms with Gasteiger partial charge >= 0.3 is 171 Å². The van der Waals surface area contributed by atoms with E-state index in [-0.39, 0.29) is 109 Å². The van der Waals surface area contributed by atoms with Gasteiger partial charge in [0.1, 0.15) is 11.2 Å². The van der Waals surface area contributed by atoms with Crippen molar-refractivity contribution >= 4 is 101 Å². The molecule has 3 aromatic carbocycles. The van der Waals surface area contributed by atoms with Crippen molar-refractivity contribution in [2.75, 3.05) is 13.2 Å². The Kier molecular flexibility index (Phi) is 25.9. The summed E-state index contributed by atoms with van der Waals surface area (Å²) in [4.78, 5) is 0. The fraction of sp³-hybridized carbons (Fsp3) is 0.240. The molecule has 36 heavy (non-hydrogen) atoms. The van der Waals surface area contributed by atoms with E-state index in [0.717, 1.165) is 32.3 Å². The molecule has 0 amide bonds. The number of nitrogens with zero attached hydrogens (tertiary/aromatic N) is 4. The first-order valence-corrected chi connectivity index (χ1v) is 28.4. The maximum atomic E-state index is 11.5. The average molecular weight is 604 g/mol. The van der Waals surface area contributed by atoms with E-state index in [1.807, 2.05) is 86.1 Å². The van der Waals surface area contributed by atoms with Crippen LogP contribution in [0.1, 0.15) is 19.4 Å². The van der Waals surface area contributed by atoms with Crippen molar-refractivity contribution in [3.05, 3.63) is 83.7 Å². The van der Waals surface area contributed by atoms with Crippen LogP contribution in [0.5, 0.6) is 5.75 Å². The number of aryl methyl sites for hydroxylation is 1. The summed E-state index contributed by atoms with van der Waals surface area (Å²) < 4.78 is 8.49. The van der Waals surface area contributed by atoms with Crippen LogP contribution >= 0.6 is 11.3 Å². The van der Waals surface area contributed by atoms with E-state index in [1.165, 1.54) is 74.5 Å². The molecular formula is C25H27K4N4O2S+. The van der Waals surface area contributed by atoms with Gasteiger partial charge in [-0.25, -0.2) is 4.57 Å². The molecule has 0 aliphatic rings. The number of ether oxygens (including phenoxy) is 1. The average Bonchev–Trinajstić information content (AvgIpc) is 3.20. The Morgan fingerprint density at radius 1 is 0.944 bits per heavy atom. The van der Waals surface area contributed by atoms with Gasteiger partial charge in [0.05, 0.1) is 23.5 Å². The van der Waals surface area contributed by atoms with Crippen LogP contribution in [-0.4, -0.2) is 76.3 Å². The van der Waals surface area contributed by atoms with Crippen molar-refractivity contribution in [3.8, 4) is 5.75 Å². The molecule has 0 bridgehead atoms. The molecule has 0 fully saturated rings. The minimum atomic E-state index is -0.00218. The van der Waals surface area contributed by atoms with Gasteiger partial charge in [-0.15, -0.1) is 18.0 Å². The zero-order chi connectivity index (χ0) is 24.8. The Morgan fingerprint density at radius 2 is 1.61 bits per heavy atom. The predicted octanol–water partition coefficient (Wildman–Crippen LogP) is -0.291. The Labute approximate surface area is 348 Å². The molecule has 0 aliphatic heterocycles. The van der Waals surface area contributed by atoms with Crippen LogP contribution in [0.15, 0.2) is 83.0 Å². The molecule has 0 saturated carbocycles. The van der Waals surface area contributed by atoms with E-state index < -0.39 is 0 Å². The molecule has 1 aromatic heterocycles. The number of thiazole rings is 1. The summed E-state index contributed by atoms with van der Waals surface area (Å²) in [6.07, 6.45) is 0. The third kappa shape index (κ3) is 13.9. The molecule has 6 nitrogen and oxygen atoms in total. The molecule has 0 saturated heterocycles. The fourth-order valence-corrected chi connectivity index (χ4v) is 3.94. The number of aromatic nitrogens is 1. The van der Waals surface area contributed by atoms with Gasteiger partial charge in [-0.05, 0) is 46.3 Å². The van der Waals surface area contributed by atoms with Crippen LogP contribution in [0.25, 0.3) is 15.5 Å². The van der Waals surface area contributed by atoms with Crippen molar-refractivity contribution in [2.24, 2.45) is 17.3 Å². The van der Waals surface area contributed by atoms with E-state index in [9.17, 15) is 5.11 Å². The van der Waals surface area contributed by atoms with Crippen molar-refractivity contribution in [1.29, 1.82) is 0 Å². The van der Waals surface area contributed by atoms with Gasteiger partial charge < -0.3 is 15.2 Å². The number of fused-ring (bicyclic) bond motifs is 1. The summed E-state index contributed by atoms with van der Waals surface area (Å²) in [5.41, 5.74) is 3.76. The minimum absolute atomic E-state index is 0. The van der Waals surface area contributed by atoms with Crippen LogP contribution in [0.3, 0.4) is 0 Å². The van der Waals surface area contributed by atoms with Gasteiger partial charge in [-0.3, -0.25) is 0 Å². The van der Waals surface area contributed by atoms with E-state index in [4.69, 9.17) is 4.74 Å². The monoisotopic (exact) mass is 603 g/mol. The van der Waals surface area contributed by atoms with E-state index in [1.54, 1.807) is 12.1 Å². The first-order valence-electron chi connectivity index (χ1n) is 11.6. The van der Waals surface area contributed by atoms with Gasteiger partial charge in [0.2, 0.25) is 0 Å². The van der Waals surface area contributed by atoms with Gasteiger partial charge in [-0.1, -0.05) is 62.4 Å². The fourth-order valence-electron chi connectivity index (χ4n) is 2.94. The molecular weight excluding hydrogens is 577 g/mol. The van der Waals surface area contributed by atoms with Gasteiger partial charge in [-0.2, -0.15) is 0 Å². The molecule has 168 valence electrons. The van der Waals surface area contributed by atoms with Gasteiger partial charge in [0.15, 0.2) is 0 Å². The summed E-state index contributed by atoms with van der Waals surface area (Å²) in [5, 5.41) is 25.4. The maximum absolute atomic E-state index is 11.5. The molecule has 0 unspecified atom stereocenters. The predicted molar refractivity (Wildman–Crippen MR) is 140 cm³/mol. The molecule has 4 aromatic rings. The van der Waals surface area contributed by atoms with Crippen LogP contribution in [-0.2, 0) is 18.4 Å². The Morgan fingerprint density at radius 3 is 2.28 bits per heavy atom. The van der Waals surface area contributed by atoms with Gasteiger partial charge in [0, 0.05) is 6.61 Å². The van der Waals surface area contributed by atoms with Crippen LogP contribution in [0.2, 0.25) is 0 Å². The Hall–Kier alpha value is 3.26. The number of azo groups is 1. The zero-order valence-electron chi connectivity index (χ0n) is 22.6. The summed E-state index contributed by atoms with van der Waals surface area (Å²) in [6, 6.07) is 22.7. The van der Waals surface area contributed by atoms with Crippen molar-refractivity contribution in [1.82, 2.24) is 0 Å². The van der Waals surface area contributed by atoms with Crippen LogP contribution in [0, 0.1) is 0 Å². The standard InChI is InChI=1S/C23H22N4O2S.C2H6.4K/c1-27-21-12-11-20(28)15-22(21)30-23(27)26-25-19-9-7-18(8-10-19)24-13-14-29-16-17-5-3-2-4-6-17;1-2;;;;/h2-12,15,28H,13-14,16H2,1H3;1-2H3;;;;/q;;;;2*+1/p-1. The summed E-state index contributed by atoms with van der Waals surface area (Å²) in [7, 11) is 1.92. The number of benzene rings is 3. The van der Waals surface area contributed by atoms with E-state index in [0.29, 0.717) is 19.8 Å². The first kappa shape index (κ1) is 39.3. The number of rotatable bonds is 8. The molecule has 4 rings (SSSR count). The zero-order valence-corrected chi connectivity index (χ0v) is 35.9. The SMILES string of the molecule is CC.C[n+]1c(N=Nc2ccc([N-]CCOCc3ccccc3)cc2)sc2cc([O-])ccc21.[K+].[K+].[K][K]. The Balaban J connectivity index is 0.00000195. The second-order valence-electron chi connectivity index (χ2n) is 6.71. The molecule has 0 atom stereocenters. The second kappa shape index (κ2) is 23.8. The topological polar surface area (TPSA) is 75.0 Å².